The first-order chi connectivity index (χ1) is 10.2. The van der Waals surface area contributed by atoms with Crippen molar-refractivity contribution in [1.82, 2.24) is 14.8 Å². The van der Waals surface area contributed by atoms with Crippen molar-refractivity contribution in [2.24, 2.45) is 0 Å². The van der Waals surface area contributed by atoms with Crippen molar-refractivity contribution in [3.8, 4) is 5.69 Å². The average molecular weight is 317 g/mol. The first kappa shape index (κ1) is 14.2. The van der Waals surface area contributed by atoms with Gasteiger partial charge in [-0.25, -0.2) is 9.67 Å². The largest absolute Gasteiger partial charge is 0.259 e. The van der Waals surface area contributed by atoms with E-state index in [1.807, 2.05) is 48.8 Å². The van der Waals surface area contributed by atoms with Crippen molar-refractivity contribution >= 4 is 22.1 Å². The van der Waals surface area contributed by atoms with Crippen molar-refractivity contribution < 1.29 is 4.21 Å². The molecule has 21 heavy (non-hydrogen) atoms. The highest BCUT2D eigenvalue weighted by atomic mass is 32.2. The van der Waals surface area contributed by atoms with E-state index in [4.69, 9.17) is 0 Å². The van der Waals surface area contributed by atoms with E-state index >= 15 is 0 Å². The molecule has 0 fully saturated rings. The Morgan fingerprint density at radius 3 is 2.67 bits per heavy atom. The molecule has 1 aromatic carbocycles. The van der Waals surface area contributed by atoms with Gasteiger partial charge in [-0.15, -0.1) is 11.3 Å². The van der Waals surface area contributed by atoms with E-state index in [2.05, 4.69) is 10.1 Å². The minimum absolute atomic E-state index is 0.519. The van der Waals surface area contributed by atoms with Crippen LogP contribution in [-0.2, 0) is 22.3 Å². The van der Waals surface area contributed by atoms with Crippen LogP contribution >= 0.6 is 11.3 Å². The fraction of sp³-hybridized carbons (Fsp3) is 0.200. The number of aromatic nitrogens is 3. The number of benzene rings is 1. The van der Waals surface area contributed by atoms with Crippen LogP contribution in [0.15, 0.2) is 48.1 Å². The zero-order valence-corrected chi connectivity index (χ0v) is 13.2. The van der Waals surface area contributed by atoms with Crippen LogP contribution in [0.5, 0.6) is 0 Å². The topological polar surface area (TPSA) is 47.8 Å². The lowest BCUT2D eigenvalue weighted by molar-refractivity contribution is 0.681. The molecule has 0 amide bonds. The van der Waals surface area contributed by atoms with E-state index in [0.717, 1.165) is 22.0 Å². The van der Waals surface area contributed by atoms with E-state index in [9.17, 15) is 4.21 Å². The highest BCUT2D eigenvalue weighted by molar-refractivity contribution is 7.83. The summed E-state index contributed by atoms with van der Waals surface area (Å²) in [5, 5.41) is 7.18. The molecule has 4 nitrogen and oxygen atoms in total. The van der Waals surface area contributed by atoms with Crippen molar-refractivity contribution in [2.45, 2.75) is 18.4 Å². The van der Waals surface area contributed by atoms with Crippen LogP contribution in [0.4, 0.5) is 0 Å². The smallest absolute Gasteiger partial charge is 0.0897 e. The fourth-order valence-corrected chi connectivity index (χ4v) is 3.91. The van der Waals surface area contributed by atoms with Gasteiger partial charge in [0.2, 0.25) is 0 Å². The van der Waals surface area contributed by atoms with Gasteiger partial charge in [-0.2, -0.15) is 5.10 Å². The predicted molar refractivity (Wildman–Crippen MR) is 86.0 cm³/mol. The Morgan fingerprint density at radius 2 is 2.05 bits per heavy atom. The van der Waals surface area contributed by atoms with Crippen molar-refractivity contribution in [2.75, 3.05) is 0 Å². The van der Waals surface area contributed by atoms with E-state index in [1.165, 1.54) is 0 Å². The molecule has 0 saturated carbocycles. The van der Waals surface area contributed by atoms with Crippen LogP contribution in [0.3, 0.4) is 0 Å². The molecule has 0 aliphatic carbocycles. The maximum atomic E-state index is 12.2. The van der Waals surface area contributed by atoms with E-state index < -0.39 is 10.8 Å². The second-order valence-corrected chi connectivity index (χ2v) is 7.22. The summed E-state index contributed by atoms with van der Waals surface area (Å²) in [6.07, 6.45) is 3.65. The summed E-state index contributed by atoms with van der Waals surface area (Å²) in [5.74, 6) is 1.07. The Labute approximate surface area is 129 Å². The minimum Gasteiger partial charge on any atom is -0.259 e. The number of hydrogen-bond donors (Lipinski definition) is 0. The molecule has 0 radical (unpaired) electrons. The van der Waals surface area contributed by atoms with Gasteiger partial charge in [-0.1, -0.05) is 12.1 Å². The lowest BCUT2D eigenvalue weighted by Crippen LogP contribution is -2.00. The summed E-state index contributed by atoms with van der Waals surface area (Å²) >= 11 is 1.60. The van der Waals surface area contributed by atoms with E-state index in [1.54, 1.807) is 22.2 Å². The van der Waals surface area contributed by atoms with Gasteiger partial charge in [0.1, 0.15) is 0 Å². The Bertz CT molecular complexity index is 733. The third kappa shape index (κ3) is 3.65. The molecule has 6 heteroatoms. The van der Waals surface area contributed by atoms with Gasteiger partial charge in [0.25, 0.3) is 0 Å². The van der Waals surface area contributed by atoms with Crippen LogP contribution in [0, 0.1) is 6.92 Å². The highest BCUT2D eigenvalue weighted by Gasteiger charge is 2.06. The Kier molecular flexibility index (Phi) is 4.26. The monoisotopic (exact) mass is 317 g/mol. The summed E-state index contributed by atoms with van der Waals surface area (Å²) < 4.78 is 14.0. The van der Waals surface area contributed by atoms with Crippen molar-refractivity contribution in [3.05, 3.63) is 64.4 Å². The van der Waals surface area contributed by atoms with Gasteiger partial charge in [-0.3, -0.25) is 4.21 Å². The molecule has 3 rings (SSSR count). The van der Waals surface area contributed by atoms with Gasteiger partial charge in [0, 0.05) is 34.3 Å². The predicted octanol–water partition coefficient (Wildman–Crippen LogP) is 3.09. The zero-order chi connectivity index (χ0) is 14.7. The maximum absolute atomic E-state index is 12.2. The molecule has 0 saturated heterocycles. The normalized spacial score (nSPS) is 12.4. The molecule has 3 aromatic rings. The molecule has 0 bridgehead atoms. The minimum atomic E-state index is -0.930. The fourth-order valence-electron chi connectivity index (χ4n) is 2.04. The summed E-state index contributed by atoms with van der Waals surface area (Å²) in [6.45, 7) is 1.96. The van der Waals surface area contributed by atoms with Crippen LogP contribution in [0.2, 0.25) is 0 Å². The van der Waals surface area contributed by atoms with Crippen LogP contribution in [0.25, 0.3) is 5.69 Å². The molecule has 0 aliphatic heterocycles. The molecule has 2 aromatic heterocycles. The number of aryl methyl sites for hydroxylation is 1. The Morgan fingerprint density at radius 1 is 1.24 bits per heavy atom. The van der Waals surface area contributed by atoms with Crippen LogP contribution < -0.4 is 0 Å². The van der Waals surface area contributed by atoms with Gasteiger partial charge >= 0.3 is 0 Å². The Balaban J connectivity index is 1.63. The molecule has 0 spiro atoms. The summed E-state index contributed by atoms with van der Waals surface area (Å²) in [5.41, 5.74) is 2.99. The van der Waals surface area contributed by atoms with Crippen LogP contribution in [0.1, 0.15) is 16.3 Å². The molecular weight excluding hydrogens is 302 g/mol. The first-order valence-corrected chi connectivity index (χ1v) is 8.92. The summed E-state index contributed by atoms with van der Waals surface area (Å²) in [4.78, 5) is 4.35. The lowest BCUT2D eigenvalue weighted by Gasteiger charge is -2.04. The molecule has 1 atom stereocenters. The number of hydrogen-bond acceptors (Lipinski definition) is 4. The molecule has 0 N–H and O–H groups in total. The van der Waals surface area contributed by atoms with Gasteiger partial charge in [0.05, 0.1) is 22.1 Å². The quantitative estimate of drug-likeness (QED) is 0.726. The maximum Gasteiger partial charge on any atom is 0.0897 e. The zero-order valence-electron chi connectivity index (χ0n) is 11.6. The first-order valence-electron chi connectivity index (χ1n) is 6.55. The molecule has 2 heterocycles. The van der Waals surface area contributed by atoms with Gasteiger partial charge in [0.15, 0.2) is 0 Å². The lowest BCUT2D eigenvalue weighted by atomic mass is 10.2. The molecule has 0 aliphatic rings. The standard InChI is InChI=1S/C15H15N3OS2/c1-12-17-14(9-20-12)11-21(19)10-13-3-5-15(6-4-13)18-8-2-7-16-18/h2-9H,10-11H2,1H3/t21-/m0/s1. The van der Waals surface area contributed by atoms with Crippen LogP contribution in [-0.4, -0.2) is 19.0 Å². The number of thiazole rings is 1. The third-order valence-corrected chi connectivity index (χ3v) is 5.10. The summed E-state index contributed by atoms with van der Waals surface area (Å²) in [7, 11) is -0.930. The third-order valence-electron chi connectivity index (χ3n) is 3.01. The van der Waals surface area contributed by atoms with Gasteiger partial charge in [-0.05, 0) is 30.7 Å². The second-order valence-electron chi connectivity index (χ2n) is 4.70. The molecule has 108 valence electrons. The SMILES string of the molecule is Cc1nc(C[S@@](=O)Cc2ccc(-n3cccn3)cc2)cs1. The van der Waals surface area contributed by atoms with E-state index in [-0.39, 0.29) is 0 Å². The highest BCUT2D eigenvalue weighted by Crippen LogP contribution is 2.14. The number of rotatable bonds is 5. The van der Waals surface area contributed by atoms with Gasteiger partial charge < -0.3 is 0 Å². The average Bonchev–Trinajstić information content (AvgIpc) is 3.11. The number of nitrogens with zero attached hydrogens (tertiary/aromatic N) is 3. The molecule has 0 unspecified atom stereocenters. The summed E-state index contributed by atoms with van der Waals surface area (Å²) in [6, 6.07) is 9.88. The van der Waals surface area contributed by atoms with Crippen molar-refractivity contribution in [3.63, 3.8) is 0 Å². The van der Waals surface area contributed by atoms with E-state index in [0.29, 0.717) is 11.5 Å². The Hall–Kier alpha value is -1.79. The second kappa shape index (κ2) is 6.32. The molecular formula is C15H15N3OS2. The van der Waals surface area contributed by atoms with Crippen molar-refractivity contribution in [1.29, 1.82) is 0 Å².